The summed E-state index contributed by atoms with van der Waals surface area (Å²) in [6, 6.07) is 10.9. The van der Waals surface area contributed by atoms with Crippen molar-refractivity contribution in [2.24, 2.45) is 0 Å². The number of hydrogen-bond acceptors (Lipinski definition) is 5. The van der Waals surface area contributed by atoms with Crippen LogP contribution in [0.1, 0.15) is 24.3 Å². The van der Waals surface area contributed by atoms with Crippen molar-refractivity contribution in [2.45, 2.75) is 32.4 Å². The summed E-state index contributed by atoms with van der Waals surface area (Å²) in [5, 5.41) is 0. The molecule has 1 aliphatic heterocycles. The number of aryl methyl sites for hydroxylation is 1. The average molecular weight is 414 g/mol. The molecule has 0 atom stereocenters. The van der Waals surface area contributed by atoms with E-state index in [2.05, 4.69) is 9.88 Å². The van der Waals surface area contributed by atoms with E-state index in [1.54, 1.807) is 14.0 Å². The summed E-state index contributed by atoms with van der Waals surface area (Å²) in [6.45, 7) is 4.07. The molecule has 0 radical (unpaired) electrons. The van der Waals surface area contributed by atoms with E-state index in [1.165, 1.54) is 0 Å². The van der Waals surface area contributed by atoms with Gasteiger partial charge in [0, 0.05) is 19.6 Å². The highest BCUT2D eigenvalue weighted by Crippen LogP contribution is 2.30. The third-order valence-corrected chi connectivity index (χ3v) is 5.32. The normalized spacial score (nSPS) is 15.3. The second-order valence-corrected chi connectivity index (χ2v) is 7.39. The van der Waals surface area contributed by atoms with Crippen LogP contribution >= 0.6 is 0 Å². The minimum Gasteiger partial charge on any atom is -0.493 e. The van der Waals surface area contributed by atoms with E-state index in [4.69, 9.17) is 13.9 Å². The number of piperidine rings is 1. The summed E-state index contributed by atoms with van der Waals surface area (Å²) >= 11 is 0. The Balaban J connectivity index is 1.37. The van der Waals surface area contributed by atoms with Crippen LogP contribution in [-0.2, 0) is 6.54 Å². The van der Waals surface area contributed by atoms with Crippen molar-refractivity contribution in [3.63, 3.8) is 0 Å². The maximum absolute atomic E-state index is 14.0. The fourth-order valence-corrected chi connectivity index (χ4v) is 3.64. The van der Waals surface area contributed by atoms with Crippen molar-refractivity contribution in [1.29, 1.82) is 0 Å². The Morgan fingerprint density at radius 2 is 1.83 bits per heavy atom. The molecule has 0 unspecified atom stereocenters. The zero-order chi connectivity index (χ0) is 21.1. The summed E-state index contributed by atoms with van der Waals surface area (Å²) in [7, 11) is 1.63. The van der Waals surface area contributed by atoms with Crippen molar-refractivity contribution in [2.75, 3.05) is 20.2 Å². The van der Waals surface area contributed by atoms with Gasteiger partial charge in [0.2, 0.25) is 5.89 Å². The smallest absolute Gasteiger partial charge is 0.229 e. The van der Waals surface area contributed by atoms with Gasteiger partial charge in [0.25, 0.3) is 0 Å². The third-order valence-electron chi connectivity index (χ3n) is 5.32. The summed E-state index contributed by atoms with van der Waals surface area (Å²) in [6.07, 6.45) is 1.87. The third kappa shape index (κ3) is 4.46. The molecule has 0 bridgehead atoms. The van der Waals surface area contributed by atoms with Crippen LogP contribution in [0.2, 0.25) is 0 Å². The van der Waals surface area contributed by atoms with Gasteiger partial charge in [-0.2, -0.15) is 0 Å². The monoisotopic (exact) mass is 414 g/mol. The number of methoxy groups -OCH3 is 1. The van der Waals surface area contributed by atoms with Crippen molar-refractivity contribution < 1.29 is 22.7 Å². The van der Waals surface area contributed by atoms with Crippen LogP contribution in [0.4, 0.5) is 8.78 Å². The molecule has 4 rings (SSSR count). The van der Waals surface area contributed by atoms with E-state index < -0.39 is 11.6 Å². The largest absolute Gasteiger partial charge is 0.493 e. The molecule has 5 nitrogen and oxygen atoms in total. The number of ether oxygens (including phenoxy) is 2. The van der Waals surface area contributed by atoms with E-state index >= 15 is 0 Å². The summed E-state index contributed by atoms with van der Waals surface area (Å²) < 4.78 is 44.6. The van der Waals surface area contributed by atoms with E-state index in [0.29, 0.717) is 12.3 Å². The molecule has 158 valence electrons. The Morgan fingerprint density at radius 3 is 2.57 bits per heavy atom. The lowest BCUT2D eigenvalue weighted by Gasteiger charge is -2.32. The van der Waals surface area contributed by atoms with Gasteiger partial charge in [-0.25, -0.2) is 13.8 Å². The minimum absolute atomic E-state index is 0.0354. The molecule has 3 aromatic rings. The molecular formula is C23H24F2N2O3. The minimum atomic E-state index is -0.557. The molecule has 0 spiro atoms. The molecule has 30 heavy (non-hydrogen) atoms. The molecule has 0 aliphatic carbocycles. The Labute approximate surface area is 174 Å². The first-order valence-corrected chi connectivity index (χ1v) is 9.97. The number of rotatable bonds is 6. The molecule has 0 N–H and O–H groups in total. The van der Waals surface area contributed by atoms with Crippen LogP contribution in [0, 0.1) is 18.6 Å². The van der Waals surface area contributed by atoms with E-state index in [9.17, 15) is 8.78 Å². The molecule has 0 amide bonds. The highest BCUT2D eigenvalue weighted by atomic mass is 19.1. The van der Waals surface area contributed by atoms with Crippen LogP contribution in [-0.4, -0.2) is 36.2 Å². The molecule has 1 fully saturated rings. The van der Waals surface area contributed by atoms with Gasteiger partial charge in [0.15, 0.2) is 11.5 Å². The first-order valence-electron chi connectivity index (χ1n) is 9.97. The Bertz CT molecular complexity index is 1010. The lowest BCUT2D eigenvalue weighted by atomic mass is 10.1. The first-order chi connectivity index (χ1) is 14.5. The highest BCUT2D eigenvalue weighted by molar-refractivity contribution is 5.54. The number of oxazole rings is 1. The molecule has 0 saturated carbocycles. The SMILES string of the molecule is COc1ccccc1OC1CCN(Cc2nc(-c3cc(F)ccc3F)oc2C)CC1. The van der Waals surface area contributed by atoms with Gasteiger partial charge in [-0.1, -0.05) is 12.1 Å². The molecule has 1 aliphatic rings. The Morgan fingerprint density at radius 1 is 1.10 bits per heavy atom. The highest BCUT2D eigenvalue weighted by Gasteiger charge is 2.24. The Hall–Kier alpha value is -2.93. The van der Waals surface area contributed by atoms with E-state index in [0.717, 1.165) is 61.3 Å². The fourth-order valence-electron chi connectivity index (χ4n) is 3.64. The van der Waals surface area contributed by atoms with E-state index in [-0.39, 0.29) is 17.6 Å². The van der Waals surface area contributed by atoms with Gasteiger partial charge in [-0.3, -0.25) is 4.90 Å². The van der Waals surface area contributed by atoms with Crippen LogP contribution in [0.5, 0.6) is 11.5 Å². The second kappa shape index (κ2) is 8.83. The predicted octanol–water partition coefficient (Wildman–Crippen LogP) is 4.98. The number of aromatic nitrogens is 1. The van der Waals surface area contributed by atoms with Gasteiger partial charge < -0.3 is 13.9 Å². The number of halogens is 2. The van der Waals surface area contributed by atoms with E-state index in [1.807, 2.05) is 24.3 Å². The van der Waals surface area contributed by atoms with Crippen molar-refractivity contribution in [1.82, 2.24) is 9.88 Å². The lowest BCUT2D eigenvalue weighted by Crippen LogP contribution is -2.38. The van der Waals surface area contributed by atoms with Crippen LogP contribution in [0.15, 0.2) is 46.9 Å². The number of hydrogen-bond donors (Lipinski definition) is 0. The average Bonchev–Trinajstić information content (AvgIpc) is 3.11. The maximum Gasteiger partial charge on any atom is 0.229 e. The van der Waals surface area contributed by atoms with Crippen LogP contribution in [0.25, 0.3) is 11.5 Å². The van der Waals surface area contributed by atoms with Crippen molar-refractivity contribution in [3.05, 3.63) is 65.6 Å². The number of nitrogens with zero attached hydrogens (tertiary/aromatic N) is 2. The van der Waals surface area contributed by atoms with Gasteiger partial charge in [0.05, 0.1) is 18.4 Å². The summed E-state index contributed by atoms with van der Waals surface area (Å²) in [5.41, 5.74) is 0.769. The molecule has 1 aromatic heterocycles. The maximum atomic E-state index is 14.0. The molecule has 1 saturated heterocycles. The molecule has 7 heteroatoms. The quantitative estimate of drug-likeness (QED) is 0.569. The zero-order valence-corrected chi connectivity index (χ0v) is 17.0. The van der Waals surface area contributed by atoms with Gasteiger partial charge in [0.1, 0.15) is 23.5 Å². The standard InChI is InChI=1S/C23H24F2N2O3/c1-15-20(26-23(29-15)18-13-16(24)7-8-19(18)25)14-27-11-9-17(10-12-27)30-22-6-4-3-5-21(22)28-2/h3-8,13,17H,9-12,14H2,1-2H3. The van der Waals surface area contributed by atoms with Gasteiger partial charge >= 0.3 is 0 Å². The number of para-hydroxylation sites is 2. The number of benzene rings is 2. The van der Waals surface area contributed by atoms with Crippen molar-refractivity contribution in [3.8, 4) is 23.0 Å². The summed E-state index contributed by atoms with van der Waals surface area (Å²) in [5.74, 6) is 1.12. The topological polar surface area (TPSA) is 47.7 Å². The Kier molecular flexibility index (Phi) is 5.99. The molecule has 2 aromatic carbocycles. The van der Waals surface area contributed by atoms with Crippen molar-refractivity contribution >= 4 is 0 Å². The van der Waals surface area contributed by atoms with Crippen LogP contribution in [0.3, 0.4) is 0 Å². The van der Waals surface area contributed by atoms with Gasteiger partial charge in [-0.15, -0.1) is 0 Å². The predicted molar refractivity (Wildman–Crippen MR) is 109 cm³/mol. The lowest BCUT2D eigenvalue weighted by molar-refractivity contribution is 0.0935. The second-order valence-electron chi connectivity index (χ2n) is 7.39. The first kappa shape index (κ1) is 20.3. The van der Waals surface area contributed by atoms with Crippen LogP contribution < -0.4 is 9.47 Å². The molecule has 2 heterocycles. The zero-order valence-electron chi connectivity index (χ0n) is 17.0. The molecular weight excluding hydrogens is 390 g/mol. The van der Waals surface area contributed by atoms with Gasteiger partial charge in [-0.05, 0) is 50.1 Å². The fraction of sp³-hybridized carbons (Fsp3) is 0.348. The summed E-state index contributed by atoms with van der Waals surface area (Å²) in [4.78, 5) is 6.69. The number of likely N-dealkylation sites (tertiary alicyclic amines) is 1.